The summed E-state index contributed by atoms with van der Waals surface area (Å²) in [6.07, 6.45) is 3.16. The van der Waals surface area contributed by atoms with E-state index in [0.717, 1.165) is 24.9 Å². The van der Waals surface area contributed by atoms with Crippen LogP contribution in [-0.2, 0) is 11.2 Å². The number of alkyl halides is 1. The number of nitro groups is 1. The van der Waals surface area contributed by atoms with Gasteiger partial charge in [0, 0.05) is 49.9 Å². The van der Waals surface area contributed by atoms with Gasteiger partial charge < -0.3 is 29.2 Å². The Balaban J connectivity index is 1.16. The summed E-state index contributed by atoms with van der Waals surface area (Å²) in [5.74, 6) is -0.345. The van der Waals surface area contributed by atoms with Crippen molar-refractivity contribution in [3.05, 3.63) is 82.3 Å². The number of nitrogens with one attached hydrogen (secondary N) is 1. The molecule has 10 rings (SSSR count). The summed E-state index contributed by atoms with van der Waals surface area (Å²) in [6.45, 7) is 4.18. The number of nitrogens with zero attached hydrogens (tertiary/aromatic N) is 6. The standard InChI is InChI=1S/C42H41F2N7O8/c1-41-13-4-15-49(23-41)37-32-21-45-35(34(44)36(32)46-38(47-37)57-24-42-14-5-16-50(42)22-27(43)20-42)31-19-30(59-40(53)58-29-11-9-28(10-12-29)51(54)55)18-26-7-2-6-25(33(26)31)8-3-17-56-39(52)48-41/h2,6-7,9-12,18-19,21,27H,3-5,8,13-17,20,22-24H2,1H3,(H,48,52)/t27-,41-,42+/m1/s1. The van der Waals surface area contributed by atoms with Crippen LogP contribution in [0.3, 0.4) is 0 Å². The summed E-state index contributed by atoms with van der Waals surface area (Å²) in [5.41, 5.74) is -0.405. The van der Waals surface area contributed by atoms with Crippen LogP contribution in [0.15, 0.2) is 60.8 Å². The van der Waals surface area contributed by atoms with Gasteiger partial charge in [-0.25, -0.2) is 18.4 Å². The summed E-state index contributed by atoms with van der Waals surface area (Å²) in [4.78, 5) is 55.0. The number of aromatic nitrogens is 3. The number of piperidine rings is 1. The molecule has 0 aliphatic carbocycles. The number of halogens is 2. The number of hydrogen-bond acceptors (Lipinski definition) is 13. The lowest BCUT2D eigenvalue weighted by atomic mass is 9.91. The zero-order valence-electron chi connectivity index (χ0n) is 32.2. The molecule has 17 heteroatoms. The second-order valence-electron chi connectivity index (χ2n) is 16.0. The Kier molecular flexibility index (Phi) is 9.85. The lowest BCUT2D eigenvalue weighted by Crippen LogP contribution is -2.57. The zero-order valence-corrected chi connectivity index (χ0v) is 32.2. The summed E-state index contributed by atoms with van der Waals surface area (Å²) >= 11 is 0. The van der Waals surface area contributed by atoms with Crippen molar-refractivity contribution < 1.29 is 42.2 Å². The topological polar surface area (TPSA) is 171 Å². The molecule has 0 spiro atoms. The van der Waals surface area contributed by atoms with Crippen LogP contribution in [0.4, 0.5) is 29.9 Å². The van der Waals surface area contributed by atoms with Crippen LogP contribution in [0.1, 0.15) is 51.0 Å². The van der Waals surface area contributed by atoms with Crippen LogP contribution >= 0.6 is 0 Å². The van der Waals surface area contributed by atoms with Crippen LogP contribution in [-0.4, -0.2) is 93.7 Å². The van der Waals surface area contributed by atoms with E-state index in [2.05, 4.69) is 15.2 Å². The minimum absolute atomic E-state index is 0.0196. The third-order valence-corrected chi connectivity index (χ3v) is 11.8. The third-order valence-electron chi connectivity index (χ3n) is 11.8. The molecule has 5 aromatic rings. The molecule has 7 heterocycles. The van der Waals surface area contributed by atoms with E-state index in [9.17, 15) is 24.1 Å². The smallest absolute Gasteiger partial charge is 0.461 e. The highest BCUT2D eigenvalue weighted by molar-refractivity contribution is 6.02. The van der Waals surface area contributed by atoms with Gasteiger partial charge in [0.1, 0.15) is 41.3 Å². The van der Waals surface area contributed by atoms with E-state index in [0.29, 0.717) is 79.3 Å². The fraction of sp³-hybridized carbons (Fsp3) is 0.405. The molecule has 3 saturated heterocycles. The molecule has 0 unspecified atom stereocenters. The molecule has 6 bridgehead atoms. The van der Waals surface area contributed by atoms with Crippen molar-refractivity contribution >= 4 is 45.4 Å². The third kappa shape index (κ3) is 7.50. The number of benzene rings is 3. The fourth-order valence-electron chi connectivity index (χ4n) is 9.18. The first-order chi connectivity index (χ1) is 28.5. The molecule has 0 radical (unpaired) electrons. The zero-order chi connectivity index (χ0) is 40.9. The second-order valence-corrected chi connectivity index (χ2v) is 16.0. The lowest BCUT2D eigenvalue weighted by molar-refractivity contribution is -0.384. The molecule has 306 valence electrons. The Morgan fingerprint density at radius 2 is 1.88 bits per heavy atom. The molecule has 15 nitrogen and oxygen atoms in total. The van der Waals surface area contributed by atoms with E-state index >= 15 is 4.39 Å². The Morgan fingerprint density at radius 1 is 1.07 bits per heavy atom. The number of fused-ring (bicyclic) bond motifs is 7. The highest BCUT2D eigenvalue weighted by Gasteiger charge is 2.49. The molecule has 3 aromatic carbocycles. The van der Waals surface area contributed by atoms with Gasteiger partial charge in [-0.1, -0.05) is 18.2 Å². The first-order valence-corrected chi connectivity index (χ1v) is 19.7. The lowest BCUT2D eigenvalue weighted by Gasteiger charge is -2.41. The van der Waals surface area contributed by atoms with Crippen molar-refractivity contribution in [2.24, 2.45) is 0 Å². The van der Waals surface area contributed by atoms with Gasteiger partial charge in [-0.2, -0.15) is 9.97 Å². The van der Waals surface area contributed by atoms with Gasteiger partial charge in [0.2, 0.25) is 0 Å². The van der Waals surface area contributed by atoms with Gasteiger partial charge in [0.15, 0.2) is 5.82 Å². The predicted octanol–water partition coefficient (Wildman–Crippen LogP) is 7.46. The van der Waals surface area contributed by atoms with Crippen LogP contribution in [0.5, 0.6) is 17.5 Å². The average molecular weight is 810 g/mol. The maximum Gasteiger partial charge on any atom is 0.519 e. The summed E-state index contributed by atoms with van der Waals surface area (Å²) in [6, 6.07) is 13.5. The maximum atomic E-state index is 17.5. The van der Waals surface area contributed by atoms with Crippen molar-refractivity contribution in [3.63, 3.8) is 0 Å². The minimum atomic E-state index is -1.12. The van der Waals surface area contributed by atoms with Gasteiger partial charge in [-0.05, 0) is 92.6 Å². The van der Waals surface area contributed by atoms with E-state index in [1.807, 2.05) is 24.0 Å². The van der Waals surface area contributed by atoms with Gasteiger partial charge in [0.05, 0.1) is 28.0 Å². The van der Waals surface area contributed by atoms with Crippen molar-refractivity contribution in [3.8, 4) is 28.8 Å². The van der Waals surface area contributed by atoms with Gasteiger partial charge >= 0.3 is 18.3 Å². The van der Waals surface area contributed by atoms with Crippen LogP contribution in [0.25, 0.3) is 32.9 Å². The number of carbonyl (C=O) groups excluding carboxylic acids is 2. The first-order valence-electron chi connectivity index (χ1n) is 19.7. The molecule has 3 atom stereocenters. The number of alkyl carbamates (subject to hydrolysis) is 1. The van der Waals surface area contributed by atoms with Gasteiger partial charge in [-0.3, -0.25) is 20.0 Å². The van der Waals surface area contributed by atoms with Crippen LogP contribution in [0.2, 0.25) is 0 Å². The Bertz CT molecular complexity index is 2490. The molecule has 2 aromatic heterocycles. The Morgan fingerprint density at radius 3 is 2.71 bits per heavy atom. The number of non-ortho nitro benzene ring substituents is 1. The number of ether oxygens (including phenoxy) is 4. The fourth-order valence-corrected chi connectivity index (χ4v) is 9.18. The minimum Gasteiger partial charge on any atom is -0.461 e. The first kappa shape index (κ1) is 38.3. The molecular weight excluding hydrogens is 768 g/mol. The number of amides is 1. The number of carbonyl (C=O) groups is 2. The number of pyridine rings is 1. The van der Waals surface area contributed by atoms with Crippen LogP contribution in [0, 0.1) is 15.9 Å². The number of aryl methyl sites for hydroxylation is 1. The molecular formula is C42H41F2N7O8. The van der Waals surface area contributed by atoms with E-state index in [-0.39, 0.29) is 47.6 Å². The van der Waals surface area contributed by atoms with Crippen molar-refractivity contribution in [1.82, 2.24) is 25.2 Å². The summed E-state index contributed by atoms with van der Waals surface area (Å²) in [7, 11) is 0. The number of nitro benzene ring substituents is 1. The van der Waals surface area contributed by atoms with Crippen molar-refractivity contribution in [2.75, 3.05) is 44.3 Å². The average Bonchev–Trinajstić information content (AvgIpc) is 3.73. The van der Waals surface area contributed by atoms with Gasteiger partial charge in [0.25, 0.3) is 5.69 Å². The molecule has 3 fully saturated rings. The van der Waals surface area contributed by atoms with Crippen molar-refractivity contribution in [1.29, 1.82) is 0 Å². The molecule has 1 amide bonds. The maximum absolute atomic E-state index is 17.5. The van der Waals surface area contributed by atoms with Crippen molar-refractivity contribution in [2.45, 2.75) is 69.1 Å². The molecule has 1 N–H and O–H groups in total. The number of hydrogen-bond donors (Lipinski definition) is 1. The monoisotopic (exact) mass is 809 g/mol. The van der Waals surface area contributed by atoms with E-state index in [4.69, 9.17) is 28.9 Å². The number of rotatable bonds is 6. The van der Waals surface area contributed by atoms with E-state index < -0.39 is 40.2 Å². The highest BCUT2D eigenvalue weighted by Crippen LogP contribution is 2.42. The molecule has 59 heavy (non-hydrogen) atoms. The largest absolute Gasteiger partial charge is 0.519 e. The predicted molar refractivity (Wildman–Crippen MR) is 211 cm³/mol. The van der Waals surface area contributed by atoms with E-state index in [1.165, 1.54) is 36.5 Å². The SMILES string of the molecule is C[C@@]12CCCN(C1)c1nc(OC[C@@]34CCCN3C[C@H](F)C4)nc3c(F)c(ncc13)-c1cc(OC(=O)Oc3ccc([N+](=O)[O-])cc3)cc3cccc(c13)CCCOC(=O)N2. The Labute approximate surface area is 336 Å². The quantitative estimate of drug-likeness (QED) is 0.0777. The summed E-state index contributed by atoms with van der Waals surface area (Å²) in [5, 5.41) is 15.7. The number of anilines is 1. The van der Waals surface area contributed by atoms with Crippen LogP contribution < -0.4 is 24.4 Å². The van der Waals surface area contributed by atoms with E-state index in [1.54, 1.807) is 12.1 Å². The highest BCUT2D eigenvalue weighted by atomic mass is 19.1. The molecule has 5 aliphatic heterocycles. The molecule has 5 aliphatic rings. The Hall–Kier alpha value is -6.23. The normalized spacial score (nSPS) is 23.1. The molecule has 0 saturated carbocycles. The summed E-state index contributed by atoms with van der Waals surface area (Å²) < 4.78 is 55.1. The second kappa shape index (κ2) is 15.2. The van der Waals surface area contributed by atoms with Gasteiger partial charge in [-0.15, -0.1) is 0 Å².